The van der Waals surface area contributed by atoms with Gasteiger partial charge >= 0.3 is 11.9 Å². The summed E-state index contributed by atoms with van der Waals surface area (Å²) < 4.78 is 11.6. The van der Waals surface area contributed by atoms with Crippen LogP contribution in [0.4, 0.5) is 0 Å². The van der Waals surface area contributed by atoms with E-state index in [1.54, 1.807) is 0 Å². The molecular weight excluding hydrogens is 384 g/mol. The molecule has 3 saturated carbocycles. The van der Waals surface area contributed by atoms with E-state index in [4.69, 9.17) is 9.47 Å². The summed E-state index contributed by atoms with van der Waals surface area (Å²) in [6.07, 6.45) is 6.73. The van der Waals surface area contributed by atoms with Gasteiger partial charge in [-0.3, -0.25) is 9.59 Å². The van der Waals surface area contributed by atoms with Gasteiger partial charge in [-0.25, -0.2) is 0 Å². The molecule has 1 spiro atoms. The van der Waals surface area contributed by atoms with Crippen molar-refractivity contribution >= 4 is 11.9 Å². The van der Waals surface area contributed by atoms with Crippen LogP contribution in [-0.4, -0.2) is 47.1 Å². The van der Waals surface area contributed by atoms with E-state index in [1.807, 2.05) is 6.92 Å². The van der Waals surface area contributed by atoms with Gasteiger partial charge in [0.2, 0.25) is 0 Å². The van der Waals surface area contributed by atoms with Gasteiger partial charge in [-0.2, -0.15) is 0 Å². The molecule has 0 aliphatic heterocycles. The molecule has 0 radical (unpaired) electrons. The van der Waals surface area contributed by atoms with Crippen LogP contribution >= 0.6 is 0 Å². The number of carbonyl (C=O) groups is 2. The predicted molar refractivity (Wildman–Crippen MR) is 110 cm³/mol. The number of aliphatic hydroxyl groups excluding tert-OH is 2. The van der Waals surface area contributed by atoms with Crippen molar-refractivity contribution < 1.29 is 29.3 Å². The zero-order chi connectivity index (χ0) is 22.1. The molecule has 2 bridgehead atoms. The SMILES string of the molecule is CC(=O)O[C@H]1C[C@@H]2[C@@](C)(CO)[C@H](OC(C)=O)CC[C@@]2(C)[C@@H]2CC[C@]3(C)C=C[C@]12[C@H]3O. The van der Waals surface area contributed by atoms with Gasteiger partial charge in [0.05, 0.1) is 18.1 Å². The van der Waals surface area contributed by atoms with E-state index >= 15 is 0 Å². The van der Waals surface area contributed by atoms with Crippen LogP contribution < -0.4 is 0 Å². The van der Waals surface area contributed by atoms with Gasteiger partial charge in [-0.05, 0) is 49.4 Å². The summed E-state index contributed by atoms with van der Waals surface area (Å²) in [6, 6.07) is 0. The van der Waals surface area contributed by atoms with Crippen LogP contribution in [0.15, 0.2) is 12.2 Å². The number of aliphatic hydroxyl groups is 2. The van der Waals surface area contributed by atoms with E-state index in [2.05, 4.69) is 26.0 Å². The summed E-state index contributed by atoms with van der Waals surface area (Å²) in [6.45, 7) is 9.08. The number of fused-ring (bicyclic) bond motifs is 3. The Labute approximate surface area is 179 Å². The van der Waals surface area contributed by atoms with Gasteiger partial charge in [0.1, 0.15) is 12.2 Å². The van der Waals surface area contributed by atoms with E-state index in [9.17, 15) is 19.8 Å². The van der Waals surface area contributed by atoms with Gasteiger partial charge in [0.15, 0.2) is 0 Å². The summed E-state index contributed by atoms with van der Waals surface area (Å²) in [5, 5.41) is 22.0. The van der Waals surface area contributed by atoms with Crippen molar-refractivity contribution in [3.8, 4) is 0 Å². The largest absolute Gasteiger partial charge is 0.462 e. The normalized spacial score (nSPS) is 51.6. The van der Waals surface area contributed by atoms with Crippen molar-refractivity contribution in [2.75, 3.05) is 6.61 Å². The second kappa shape index (κ2) is 6.80. The molecule has 4 aliphatic carbocycles. The molecule has 0 saturated heterocycles. The fraction of sp³-hybridized carbons (Fsp3) is 0.833. The summed E-state index contributed by atoms with van der Waals surface area (Å²) in [5.41, 5.74) is -1.70. The molecule has 0 unspecified atom stereocenters. The molecule has 168 valence electrons. The summed E-state index contributed by atoms with van der Waals surface area (Å²) in [7, 11) is 0. The van der Waals surface area contributed by atoms with Crippen LogP contribution in [0.1, 0.15) is 66.7 Å². The van der Waals surface area contributed by atoms with E-state index in [1.165, 1.54) is 13.8 Å². The van der Waals surface area contributed by atoms with Crippen molar-refractivity contribution in [1.82, 2.24) is 0 Å². The maximum Gasteiger partial charge on any atom is 0.302 e. The van der Waals surface area contributed by atoms with Crippen molar-refractivity contribution in [1.29, 1.82) is 0 Å². The van der Waals surface area contributed by atoms with Crippen molar-refractivity contribution in [2.45, 2.75) is 85.0 Å². The Morgan fingerprint density at radius 2 is 1.60 bits per heavy atom. The number of hydrogen-bond acceptors (Lipinski definition) is 6. The molecule has 2 N–H and O–H groups in total. The highest BCUT2D eigenvalue weighted by Crippen LogP contribution is 2.72. The molecule has 4 rings (SSSR count). The van der Waals surface area contributed by atoms with Crippen molar-refractivity contribution in [2.24, 2.45) is 33.5 Å². The fourth-order valence-electron chi connectivity index (χ4n) is 7.98. The molecule has 6 heteroatoms. The summed E-state index contributed by atoms with van der Waals surface area (Å²) in [4.78, 5) is 23.8. The Hall–Kier alpha value is -1.40. The van der Waals surface area contributed by atoms with Crippen LogP contribution in [-0.2, 0) is 19.1 Å². The lowest BCUT2D eigenvalue weighted by Crippen LogP contribution is -2.69. The average Bonchev–Trinajstić information content (AvgIpc) is 2.82. The van der Waals surface area contributed by atoms with Crippen LogP contribution in [0.3, 0.4) is 0 Å². The lowest BCUT2D eigenvalue weighted by Gasteiger charge is -2.67. The number of carbonyl (C=O) groups excluding carboxylic acids is 2. The van der Waals surface area contributed by atoms with Crippen LogP contribution in [0, 0.1) is 33.5 Å². The molecule has 3 fully saturated rings. The molecule has 30 heavy (non-hydrogen) atoms. The Morgan fingerprint density at radius 1 is 0.967 bits per heavy atom. The Balaban J connectivity index is 1.82. The minimum atomic E-state index is -0.632. The fourth-order valence-corrected chi connectivity index (χ4v) is 7.98. The number of ether oxygens (including phenoxy) is 2. The second-order valence-corrected chi connectivity index (χ2v) is 11.0. The molecule has 6 nitrogen and oxygen atoms in total. The smallest absolute Gasteiger partial charge is 0.302 e. The third-order valence-corrected chi connectivity index (χ3v) is 9.46. The minimum absolute atomic E-state index is 0.00127. The van der Waals surface area contributed by atoms with Gasteiger partial charge in [0, 0.05) is 24.7 Å². The Kier molecular flexibility index (Phi) is 4.94. The summed E-state index contributed by atoms with van der Waals surface area (Å²) in [5.74, 6) is -0.568. The van der Waals surface area contributed by atoms with Gasteiger partial charge in [0.25, 0.3) is 0 Å². The zero-order valence-electron chi connectivity index (χ0n) is 18.8. The first-order valence-corrected chi connectivity index (χ1v) is 11.3. The first kappa shape index (κ1) is 21.8. The second-order valence-electron chi connectivity index (χ2n) is 11.0. The first-order chi connectivity index (χ1) is 13.9. The van der Waals surface area contributed by atoms with E-state index in [0.29, 0.717) is 12.8 Å². The Morgan fingerprint density at radius 3 is 2.20 bits per heavy atom. The Bertz CT molecular complexity index is 778. The third-order valence-electron chi connectivity index (χ3n) is 9.46. The topological polar surface area (TPSA) is 93.1 Å². The number of rotatable bonds is 3. The molecule has 0 aromatic carbocycles. The highest BCUT2D eigenvalue weighted by Gasteiger charge is 2.72. The van der Waals surface area contributed by atoms with Crippen LogP contribution in [0.25, 0.3) is 0 Å². The molecule has 0 aromatic heterocycles. The van der Waals surface area contributed by atoms with Gasteiger partial charge in [-0.15, -0.1) is 0 Å². The first-order valence-electron chi connectivity index (χ1n) is 11.3. The molecule has 0 aromatic rings. The highest BCUT2D eigenvalue weighted by molar-refractivity contribution is 5.67. The highest BCUT2D eigenvalue weighted by atomic mass is 16.5. The van der Waals surface area contributed by atoms with Crippen molar-refractivity contribution in [3.05, 3.63) is 12.2 Å². The number of hydrogen-bond donors (Lipinski definition) is 2. The standard InChI is InChI=1S/C24H36O6/c1-14(26)29-18-7-9-22(4)16-6-8-21(3)10-11-24(16,20(21)28)19(30-15(2)27)12-17(22)23(18,5)13-25/h10-11,16-20,25,28H,6-9,12-13H2,1-5H3/t16-,17-,18+,19-,20-,21+,22-,23+,24+/m0/s1. The maximum absolute atomic E-state index is 12.1. The predicted octanol–water partition coefficient (Wildman–Crippen LogP) is 3.00. The molecule has 0 amide bonds. The molecular formula is C24H36O6. The molecule has 0 heterocycles. The van der Waals surface area contributed by atoms with E-state index in [0.717, 1.165) is 19.3 Å². The number of esters is 2. The monoisotopic (exact) mass is 420 g/mol. The third kappa shape index (κ3) is 2.68. The van der Waals surface area contributed by atoms with Gasteiger partial charge in [-0.1, -0.05) is 32.9 Å². The molecule has 4 aliphatic rings. The van der Waals surface area contributed by atoms with E-state index < -0.39 is 23.0 Å². The summed E-state index contributed by atoms with van der Waals surface area (Å²) >= 11 is 0. The minimum Gasteiger partial charge on any atom is -0.462 e. The zero-order valence-corrected chi connectivity index (χ0v) is 18.8. The van der Waals surface area contributed by atoms with E-state index in [-0.39, 0.29) is 47.3 Å². The lowest BCUT2D eigenvalue weighted by atomic mass is 9.38. The molecule has 9 atom stereocenters. The van der Waals surface area contributed by atoms with Crippen LogP contribution in [0.5, 0.6) is 0 Å². The maximum atomic E-state index is 12.1. The van der Waals surface area contributed by atoms with Crippen LogP contribution in [0.2, 0.25) is 0 Å². The quantitative estimate of drug-likeness (QED) is 0.539. The van der Waals surface area contributed by atoms with Gasteiger partial charge < -0.3 is 19.7 Å². The van der Waals surface area contributed by atoms with Crippen molar-refractivity contribution in [3.63, 3.8) is 0 Å². The average molecular weight is 421 g/mol. The lowest BCUT2D eigenvalue weighted by molar-refractivity contribution is -0.258.